The highest BCUT2D eigenvalue weighted by molar-refractivity contribution is 9.10. The lowest BCUT2D eigenvalue weighted by Crippen LogP contribution is -2.43. The molecule has 0 saturated carbocycles. The van der Waals surface area contributed by atoms with Gasteiger partial charge in [-0.2, -0.15) is 0 Å². The van der Waals surface area contributed by atoms with Gasteiger partial charge in [0.2, 0.25) is 0 Å². The van der Waals surface area contributed by atoms with Gasteiger partial charge in [-0.1, -0.05) is 42.5 Å². The fraction of sp³-hybridized carbons (Fsp3) is 0.250. The van der Waals surface area contributed by atoms with Crippen LogP contribution in [0.15, 0.2) is 59.1 Å². The van der Waals surface area contributed by atoms with Crippen molar-refractivity contribution in [3.8, 4) is 0 Å². The van der Waals surface area contributed by atoms with E-state index < -0.39 is 0 Å². The third-order valence-electron chi connectivity index (χ3n) is 3.73. The number of esters is 1. The number of nitrogens with zero attached hydrogens (tertiary/aromatic N) is 1. The lowest BCUT2D eigenvalue weighted by Gasteiger charge is -2.25. The summed E-state index contributed by atoms with van der Waals surface area (Å²) in [5.41, 5.74) is 1.52. The predicted octanol–water partition coefficient (Wildman–Crippen LogP) is 3.92. The zero-order valence-corrected chi connectivity index (χ0v) is 17.4. The van der Waals surface area contributed by atoms with Crippen molar-refractivity contribution in [2.75, 3.05) is 13.2 Å². The minimum Gasteiger partial charge on any atom is -0.466 e. The summed E-state index contributed by atoms with van der Waals surface area (Å²) in [6, 6.07) is 16.8. The fourth-order valence-corrected chi connectivity index (χ4v) is 3.12. The second kappa shape index (κ2) is 10.8. The Labute approximate surface area is 172 Å². The number of halogens is 1. The van der Waals surface area contributed by atoms with Crippen molar-refractivity contribution < 1.29 is 14.3 Å². The number of amides is 1. The van der Waals surface area contributed by atoms with E-state index >= 15 is 0 Å². The average Bonchev–Trinajstić information content (AvgIpc) is 2.66. The van der Waals surface area contributed by atoms with Crippen LogP contribution in [-0.4, -0.2) is 35.0 Å². The molecular formula is C20H21BrN2O3S. The number of nitrogens with one attached hydrogen (secondary N) is 1. The molecule has 2 rings (SSSR count). The largest absolute Gasteiger partial charge is 0.466 e. The van der Waals surface area contributed by atoms with Gasteiger partial charge in [0.05, 0.1) is 18.6 Å². The maximum absolute atomic E-state index is 12.5. The van der Waals surface area contributed by atoms with Crippen LogP contribution in [0.3, 0.4) is 0 Å². The normalized spacial score (nSPS) is 10.1. The first-order valence-corrected chi connectivity index (χ1v) is 9.75. The van der Waals surface area contributed by atoms with E-state index in [0.29, 0.717) is 29.7 Å². The Kier molecular flexibility index (Phi) is 8.42. The molecule has 1 amide bonds. The van der Waals surface area contributed by atoms with Crippen molar-refractivity contribution in [2.45, 2.75) is 19.9 Å². The first kappa shape index (κ1) is 21.1. The van der Waals surface area contributed by atoms with Gasteiger partial charge in [0.15, 0.2) is 5.11 Å². The van der Waals surface area contributed by atoms with Gasteiger partial charge in [-0.15, -0.1) is 0 Å². The van der Waals surface area contributed by atoms with Crippen LogP contribution in [0.25, 0.3) is 0 Å². The smallest absolute Gasteiger partial charge is 0.307 e. The molecule has 2 aromatic rings. The van der Waals surface area contributed by atoms with Crippen LogP contribution < -0.4 is 5.32 Å². The molecular weight excluding hydrogens is 428 g/mol. The lowest BCUT2D eigenvalue weighted by atomic mass is 10.2. The van der Waals surface area contributed by atoms with E-state index in [-0.39, 0.29) is 23.4 Å². The van der Waals surface area contributed by atoms with Crippen molar-refractivity contribution >= 4 is 45.1 Å². The fourth-order valence-electron chi connectivity index (χ4n) is 2.40. The molecule has 0 spiro atoms. The van der Waals surface area contributed by atoms with Crippen molar-refractivity contribution in [3.05, 3.63) is 70.2 Å². The Morgan fingerprint density at radius 3 is 2.44 bits per heavy atom. The highest BCUT2D eigenvalue weighted by Crippen LogP contribution is 2.16. The minimum absolute atomic E-state index is 0.186. The third-order valence-corrected chi connectivity index (χ3v) is 4.79. The number of thiocarbonyl (C=S) groups is 1. The molecule has 0 unspecified atom stereocenters. The van der Waals surface area contributed by atoms with E-state index in [9.17, 15) is 9.59 Å². The zero-order chi connectivity index (χ0) is 19.6. The summed E-state index contributed by atoms with van der Waals surface area (Å²) in [4.78, 5) is 26.0. The van der Waals surface area contributed by atoms with E-state index in [1.54, 1.807) is 30.0 Å². The Morgan fingerprint density at radius 1 is 1.11 bits per heavy atom. The van der Waals surface area contributed by atoms with Gasteiger partial charge in [0, 0.05) is 17.6 Å². The van der Waals surface area contributed by atoms with E-state index in [0.717, 1.165) is 5.56 Å². The Bertz CT molecular complexity index is 799. The molecule has 0 fully saturated rings. The van der Waals surface area contributed by atoms with Crippen molar-refractivity contribution in [3.63, 3.8) is 0 Å². The highest BCUT2D eigenvalue weighted by atomic mass is 79.9. The average molecular weight is 449 g/mol. The Balaban J connectivity index is 2.08. The summed E-state index contributed by atoms with van der Waals surface area (Å²) in [5.74, 6) is -0.600. The number of benzene rings is 2. The molecule has 1 N–H and O–H groups in total. The van der Waals surface area contributed by atoms with Crippen molar-refractivity contribution in [1.82, 2.24) is 10.2 Å². The van der Waals surface area contributed by atoms with Gasteiger partial charge >= 0.3 is 5.97 Å². The number of rotatable bonds is 7. The molecule has 0 aliphatic heterocycles. The van der Waals surface area contributed by atoms with Gasteiger partial charge < -0.3 is 9.64 Å². The van der Waals surface area contributed by atoms with Crippen LogP contribution in [0.1, 0.15) is 29.3 Å². The van der Waals surface area contributed by atoms with Crippen LogP contribution in [0.4, 0.5) is 0 Å². The van der Waals surface area contributed by atoms with Gasteiger partial charge in [0.25, 0.3) is 5.91 Å². The summed E-state index contributed by atoms with van der Waals surface area (Å²) in [5, 5.41) is 3.02. The summed E-state index contributed by atoms with van der Waals surface area (Å²) in [6.07, 6.45) is 0.186. The third kappa shape index (κ3) is 6.77. The van der Waals surface area contributed by atoms with Gasteiger partial charge in [-0.05, 0) is 52.8 Å². The molecule has 0 heterocycles. The number of hydrogen-bond acceptors (Lipinski definition) is 4. The molecule has 0 radical (unpaired) electrons. The number of hydrogen-bond donors (Lipinski definition) is 1. The SMILES string of the molecule is CCOC(=O)CCN(Cc1ccccc1)C(=S)NC(=O)c1ccccc1Br. The standard InChI is InChI=1S/C20H21BrN2O3S/c1-2-26-18(24)12-13-23(14-15-8-4-3-5-9-15)20(27)22-19(25)16-10-6-7-11-17(16)21/h3-11H,2,12-14H2,1H3,(H,22,25,27). The quantitative estimate of drug-likeness (QED) is 0.513. The maximum atomic E-state index is 12.5. The second-order valence-corrected chi connectivity index (χ2v) is 6.94. The topological polar surface area (TPSA) is 58.6 Å². The molecule has 0 aliphatic rings. The van der Waals surface area contributed by atoms with Crippen molar-refractivity contribution in [1.29, 1.82) is 0 Å². The van der Waals surface area contributed by atoms with Crippen LogP contribution in [0, 0.1) is 0 Å². The zero-order valence-electron chi connectivity index (χ0n) is 15.0. The van der Waals surface area contributed by atoms with Crippen LogP contribution in [0.5, 0.6) is 0 Å². The first-order valence-electron chi connectivity index (χ1n) is 8.55. The number of ether oxygens (including phenoxy) is 1. The van der Waals surface area contributed by atoms with E-state index in [4.69, 9.17) is 17.0 Å². The Hall–Kier alpha value is -2.25. The molecule has 0 aliphatic carbocycles. The van der Waals surface area contributed by atoms with Crippen molar-refractivity contribution in [2.24, 2.45) is 0 Å². The summed E-state index contributed by atoms with van der Waals surface area (Å²) in [7, 11) is 0. The molecule has 5 nitrogen and oxygen atoms in total. The summed E-state index contributed by atoms with van der Waals surface area (Å²) >= 11 is 8.80. The maximum Gasteiger partial charge on any atom is 0.307 e. The molecule has 7 heteroatoms. The number of carbonyl (C=O) groups excluding carboxylic acids is 2. The van der Waals surface area contributed by atoms with Crippen LogP contribution in [-0.2, 0) is 16.1 Å². The second-order valence-electron chi connectivity index (χ2n) is 5.70. The number of carbonyl (C=O) groups is 2. The monoisotopic (exact) mass is 448 g/mol. The molecule has 0 bridgehead atoms. The van der Waals surface area contributed by atoms with Gasteiger partial charge in [-0.3, -0.25) is 14.9 Å². The molecule has 27 heavy (non-hydrogen) atoms. The molecule has 0 saturated heterocycles. The minimum atomic E-state index is -0.304. The first-order chi connectivity index (χ1) is 13.0. The van der Waals surface area contributed by atoms with E-state index in [1.165, 1.54) is 0 Å². The predicted molar refractivity (Wildman–Crippen MR) is 112 cm³/mol. The molecule has 2 aromatic carbocycles. The Morgan fingerprint density at radius 2 is 1.78 bits per heavy atom. The molecule has 0 atom stereocenters. The molecule has 0 aromatic heterocycles. The van der Waals surface area contributed by atoms with Gasteiger partial charge in [-0.25, -0.2) is 0 Å². The van der Waals surface area contributed by atoms with Gasteiger partial charge in [0.1, 0.15) is 0 Å². The van der Waals surface area contributed by atoms with E-state index in [1.807, 2.05) is 36.4 Å². The van der Waals surface area contributed by atoms with Crippen LogP contribution in [0.2, 0.25) is 0 Å². The lowest BCUT2D eigenvalue weighted by molar-refractivity contribution is -0.143. The van der Waals surface area contributed by atoms with E-state index in [2.05, 4.69) is 21.2 Å². The molecule has 142 valence electrons. The van der Waals surface area contributed by atoms with Crippen LogP contribution >= 0.6 is 28.1 Å². The highest BCUT2D eigenvalue weighted by Gasteiger charge is 2.17. The summed E-state index contributed by atoms with van der Waals surface area (Å²) in [6.45, 7) is 2.93. The summed E-state index contributed by atoms with van der Waals surface area (Å²) < 4.78 is 5.67.